The van der Waals surface area contributed by atoms with Gasteiger partial charge in [0.2, 0.25) is 5.91 Å². The van der Waals surface area contributed by atoms with E-state index in [1.165, 1.54) is 12.8 Å². The minimum Gasteiger partial charge on any atom is -0.454 e. The molecule has 0 spiro atoms. The van der Waals surface area contributed by atoms with Gasteiger partial charge in [-0.1, -0.05) is 82.8 Å². The van der Waals surface area contributed by atoms with Crippen LogP contribution in [-0.2, 0) is 4.79 Å². The van der Waals surface area contributed by atoms with Gasteiger partial charge < -0.3 is 10.1 Å². The summed E-state index contributed by atoms with van der Waals surface area (Å²) in [6.45, 7) is 0. The number of fused-ring (bicyclic) bond motifs is 1. The minimum absolute atomic E-state index is 0.0838. The predicted octanol–water partition coefficient (Wildman–Crippen LogP) is 8.43. The van der Waals surface area contributed by atoms with E-state index in [2.05, 4.69) is 33.4 Å². The molecule has 1 atom stereocenters. The van der Waals surface area contributed by atoms with Crippen LogP contribution in [-0.4, -0.2) is 5.91 Å². The quantitative estimate of drug-likeness (QED) is 0.303. The van der Waals surface area contributed by atoms with E-state index in [-0.39, 0.29) is 11.8 Å². The van der Waals surface area contributed by atoms with E-state index in [1.807, 2.05) is 48.5 Å². The van der Waals surface area contributed by atoms with Crippen molar-refractivity contribution in [1.29, 1.82) is 0 Å². The normalized spacial score (nSPS) is 18.3. The molecular weight excluding hydrogens is 486 g/mol. The van der Waals surface area contributed by atoms with Crippen LogP contribution in [0.25, 0.3) is 21.5 Å². The van der Waals surface area contributed by atoms with Crippen molar-refractivity contribution in [3.05, 3.63) is 75.7 Å². The van der Waals surface area contributed by atoms with Gasteiger partial charge in [0, 0.05) is 20.6 Å². The number of halogens is 2. The summed E-state index contributed by atoms with van der Waals surface area (Å²) >= 11 is 10.4. The molecule has 5 heteroatoms. The second-order valence-corrected chi connectivity index (χ2v) is 9.97. The van der Waals surface area contributed by atoms with Gasteiger partial charge in [-0.15, -0.1) is 0 Å². The van der Waals surface area contributed by atoms with E-state index in [4.69, 9.17) is 16.3 Å². The molecule has 1 heterocycles. The maximum absolute atomic E-state index is 13.1. The molecule has 1 aliphatic carbocycles. The molecule has 32 heavy (non-hydrogen) atoms. The van der Waals surface area contributed by atoms with Crippen molar-refractivity contribution in [3.8, 4) is 11.5 Å². The smallest absolute Gasteiger partial charge is 0.232 e. The fourth-order valence-corrected chi connectivity index (χ4v) is 6.19. The van der Waals surface area contributed by atoms with Crippen LogP contribution >= 0.6 is 27.5 Å². The number of amides is 1. The molecule has 1 aliphatic heterocycles. The highest BCUT2D eigenvalue weighted by Crippen LogP contribution is 2.49. The molecular formula is C27H21BrClNO2. The number of ether oxygens (including phenoxy) is 1. The number of benzene rings is 4. The third-order valence-electron chi connectivity index (χ3n) is 6.89. The van der Waals surface area contributed by atoms with Crippen molar-refractivity contribution >= 4 is 60.7 Å². The number of anilines is 1. The third-order valence-corrected chi connectivity index (χ3v) is 7.86. The van der Waals surface area contributed by atoms with E-state index < -0.39 is 0 Å². The van der Waals surface area contributed by atoms with E-state index in [1.54, 1.807) is 0 Å². The first-order valence-corrected chi connectivity index (χ1v) is 12.2. The molecule has 4 aromatic carbocycles. The topological polar surface area (TPSA) is 38.3 Å². The Labute approximate surface area is 199 Å². The number of carbonyl (C=O) groups is 1. The van der Waals surface area contributed by atoms with Gasteiger partial charge in [-0.2, -0.15) is 0 Å². The molecule has 1 amide bonds. The lowest BCUT2D eigenvalue weighted by atomic mass is 9.79. The average molecular weight is 507 g/mol. The standard InChI is InChI=1S/C27H21BrClNO2/c28-20-12-13-23(17-9-4-3-8-16(17)20)32-26-19-11-5-10-18-24(15-6-1-2-7-15)27(31)30-22(25(18)19)14-21(26)29/h3-5,8-15,24H,1-2,6-7H2,(H,30,31)/t24-/m1/s1. The first kappa shape index (κ1) is 20.1. The molecule has 1 saturated carbocycles. The molecule has 3 nitrogen and oxygen atoms in total. The van der Waals surface area contributed by atoms with Gasteiger partial charge in [-0.3, -0.25) is 4.79 Å². The van der Waals surface area contributed by atoms with Gasteiger partial charge in [0.25, 0.3) is 0 Å². The summed E-state index contributed by atoms with van der Waals surface area (Å²) in [6.07, 6.45) is 4.60. The van der Waals surface area contributed by atoms with Gasteiger partial charge in [-0.05, 0) is 47.9 Å². The van der Waals surface area contributed by atoms with Crippen LogP contribution in [0.15, 0.2) is 65.1 Å². The molecule has 0 saturated heterocycles. The summed E-state index contributed by atoms with van der Waals surface area (Å²) in [6, 6.07) is 20.1. The van der Waals surface area contributed by atoms with Gasteiger partial charge in [0.1, 0.15) is 5.75 Å². The largest absolute Gasteiger partial charge is 0.454 e. The average Bonchev–Trinajstić information content (AvgIpc) is 3.32. The number of rotatable bonds is 3. The zero-order valence-electron chi connectivity index (χ0n) is 17.3. The predicted molar refractivity (Wildman–Crippen MR) is 134 cm³/mol. The Bertz CT molecular complexity index is 1390. The summed E-state index contributed by atoms with van der Waals surface area (Å²) in [5.41, 5.74) is 1.86. The maximum Gasteiger partial charge on any atom is 0.232 e. The van der Waals surface area contributed by atoms with E-state index in [0.717, 1.165) is 55.9 Å². The highest BCUT2D eigenvalue weighted by molar-refractivity contribution is 9.10. The molecule has 0 radical (unpaired) electrons. The summed E-state index contributed by atoms with van der Waals surface area (Å²) < 4.78 is 7.51. The van der Waals surface area contributed by atoms with E-state index >= 15 is 0 Å². The summed E-state index contributed by atoms with van der Waals surface area (Å²) in [5, 5.41) is 7.69. The molecule has 1 fully saturated rings. The Hall–Kier alpha value is -2.56. The van der Waals surface area contributed by atoms with Crippen molar-refractivity contribution in [2.75, 3.05) is 5.32 Å². The lowest BCUT2D eigenvalue weighted by Crippen LogP contribution is -2.30. The Morgan fingerprint density at radius 3 is 2.50 bits per heavy atom. The van der Waals surface area contributed by atoms with Crippen LogP contribution in [0.2, 0.25) is 5.02 Å². The van der Waals surface area contributed by atoms with E-state index in [0.29, 0.717) is 16.7 Å². The lowest BCUT2D eigenvalue weighted by molar-refractivity contribution is -0.118. The Morgan fingerprint density at radius 1 is 0.938 bits per heavy atom. The first-order chi connectivity index (χ1) is 15.6. The SMILES string of the molecule is O=C1Nc2cc(Cl)c(Oc3ccc(Br)c4ccccc34)c3cccc(c23)[C@H]1C1CCCC1. The van der Waals surface area contributed by atoms with Crippen molar-refractivity contribution in [3.63, 3.8) is 0 Å². The zero-order chi connectivity index (χ0) is 21.8. The van der Waals surface area contributed by atoms with Crippen molar-refractivity contribution in [2.45, 2.75) is 31.6 Å². The second kappa shape index (κ2) is 7.79. The van der Waals surface area contributed by atoms with Crippen LogP contribution in [0.1, 0.15) is 37.2 Å². The molecule has 1 N–H and O–H groups in total. The number of nitrogens with one attached hydrogen (secondary N) is 1. The monoisotopic (exact) mass is 505 g/mol. The Morgan fingerprint density at radius 2 is 1.69 bits per heavy atom. The van der Waals surface area contributed by atoms with Crippen LogP contribution in [0, 0.1) is 5.92 Å². The number of hydrogen-bond acceptors (Lipinski definition) is 2. The summed E-state index contributed by atoms with van der Waals surface area (Å²) in [4.78, 5) is 13.1. The van der Waals surface area contributed by atoms with Crippen molar-refractivity contribution in [2.24, 2.45) is 5.92 Å². The Kier molecular flexibility index (Phi) is 4.89. The van der Waals surface area contributed by atoms with Crippen LogP contribution in [0.4, 0.5) is 5.69 Å². The second-order valence-electron chi connectivity index (χ2n) is 8.71. The third kappa shape index (κ3) is 3.12. The first-order valence-electron chi connectivity index (χ1n) is 11.0. The van der Waals surface area contributed by atoms with Crippen LogP contribution in [0.5, 0.6) is 11.5 Å². The molecule has 4 aromatic rings. The highest BCUT2D eigenvalue weighted by atomic mass is 79.9. The van der Waals surface area contributed by atoms with Crippen molar-refractivity contribution < 1.29 is 9.53 Å². The maximum atomic E-state index is 13.1. The lowest BCUT2D eigenvalue weighted by Gasteiger charge is -2.30. The minimum atomic E-state index is -0.115. The molecule has 0 bridgehead atoms. The number of hydrogen-bond donors (Lipinski definition) is 1. The Balaban J connectivity index is 1.53. The molecule has 160 valence electrons. The summed E-state index contributed by atoms with van der Waals surface area (Å²) in [5.74, 6) is 1.74. The fourth-order valence-electron chi connectivity index (χ4n) is 5.46. The number of carbonyl (C=O) groups excluding carboxylic acids is 1. The molecule has 6 rings (SSSR count). The summed E-state index contributed by atoms with van der Waals surface area (Å²) in [7, 11) is 0. The zero-order valence-corrected chi connectivity index (χ0v) is 19.7. The molecule has 2 aliphatic rings. The van der Waals surface area contributed by atoms with Crippen LogP contribution in [0.3, 0.4) is 0 Å². The van der Waals surface area contributed by atoms with Crippen molar-refractivity contribution in [1.82, 2.24) is 0 Å². The van der Waals surface area contributed by atoms with Gasteiger partial charge in [-0.25, -0.2) is 0 Å². The molecule has 0 unspecified atom stereocenters. The fraction of sp³-hybridized carbons (Fsp3) is 0.222. The van der Waals surface area contributed by atoms with Gasteiger partial charge >= 0.3 is 0 Å². The van der Waals surface area contributed by atoms with Gasteiger partial charge in [0.05, 0.1) is 16.6 Å². The van der Waals surface area contributed by atoms with Gasteiger partial charge in [0.15, 0.2) is 5.75 Å². The van der Waals surface area contributed by atoms with Crippen LogP contribution < -0.4 is 10.1 Å². The highest BCUT2D eigenvalue weighted by Gasteiger charge is 2.37. The van der Waals surface area contributed by atoms with E-state index in [9.17, 15) is 4.79 Å². The molecule has 0 aromatic heterocycles.